The molecule has 0 bridgehead atoms. The van der Waals surface area contributed by atoms with Crippen LogP contribution < -0.4 is 5.32 Å². The van der Waals surface area contributed by atoms with E-state index >= 15 is 0 Å². The van der Waals surface area contributed by atoms with Gasteiger partial charge in [-0.2, -0.15) is 0 Å². The molecule has 5 nitrogen and oxygen atoms in total. The zero-order valence-electron chi connectivity index (χ0n) is 16.8. The van der Waals surface area contributed by atoms with Crippen molar-refractivity contribution in [2.45, 2.75) is 12.8 Å². The molecule has 0 aliphatic rings. The van der Waals surface area contributed by atoms with E-state index in [1.54, 1.807) is 17.5 Å². The molecule has 1 unspecified atom stereocenters. The third-order valence-corrected chi connectivity index (χ3v) is 7.40. The van der Waals surface area contributed by atoms with Crippen molar-refractivity contribution in [3.05, 3.63) is 93.4 Å². The lowest BCUT2D eigenvalue weighted by Crippen LogP contribution is -2.28. The van der Waals surface area contributed by atoms with E-state index in [9.17, 15) is 4.79 Å². The molecule has 5 aromatic rings. The summed E-state index contributed by atoms with van der Waals surface area (Å²) in [7, 11) is 0. The van der Waals surface area contributed by atoms with Crippen molar-refractivity contribution in [2.24, 2.45) is 0 Å². The van der Waals surface area contributed by atoms with Crippen molar-refractivity contribution in [3.63, 3.8) is 0 Å². The van der Waals surface area contributed by atoms with Crippen LogP contribution in [0.3, 0.4) is 0 Å². The predicted octanol–water partition coefficient (Wildman–Crippen LogP) is 5.62. The molecule has 4 aromatic heterocycles. The number of nitrogens with one attached hydrogen (secondary N) is 2. The van der Waals surface area contributed by atoms with Crippen LogP contribution in [0.2, 0.25) is 0 Å². The number of hydrogen-bond donors (Lipinski definition) is 2. The van der Waals surface area contributed by atoms with Crippen LogP contribution in [0, 0.1) is 6.92 Å². The minimum Gasteiger partial charge on any atom is -0.361 e. The Kier molecular flexibility index (Phi) is 5.36. The van der Waals surface area contributed by atoms with Gasteiger partial charge in [0.25, 0.3) is 5.91 Å². The lowest BCUT2D eigenvalue weighted by Gasteiger charge is -2.16. The molecule has 2 N–H and O–H groups in total. The van der Waals surface area contributed by atoms with Crippen molar-refractivity contribution in [2.75, 3.05) is 6.54 Å². The molecule has 0 aliphatic carbocycles. The van der Waals surface area contributed by atoms with Gasteiger partial charge in [0.15, 0.2) is 0 Å². The number of aromatic nitrogens is 3. The Hall–Kier alpha value is -3.29. The number of carbonyl (C=O) groups excluding carboxylic acids is 1. The summed E-state index contributed by atoms with van der Waals surface area (Å²) in [4.78, 5) is 27.2. The summed E-state index contributed by atoms with van der Waals surface area (Å²) in [5, 5.41) is 7.17. The number of aromatic amines is 1. The monoisotopic (exact) mass is 444 g/mol. The Labute approximate surface area is 187 Å². The van der Waals surface area contributed by atoms with E-state index in [2.05, 4.69) is 56.1 Å². The van der Waals surface area contributed by atoms with Crippen molar-refractivity contribution in [1.82, 2.24) is 20.3 Å². The third kappa shape index (κ3) is 3.89. The van der Waals surface area contributed by atoms with Crippen molar-refractivity contribution in [3.8, 4) is 10.7 Å². The van der Waals surface area contributed by atoms with Gasteiger partial charge < -0.3 is 10.3 Å². The van der Waals surface area contributed by atoms with Gasteiger partial charge in [-0.3, -0.25) is 9.78 Å². The Morgan fingerprint density at radius 2 is 2.00 bits per heavy atom. The molecule has 31 heavy (non-hydrogen) atoms. The number of aryl methyl sites for hydroxylation is 1. The molecule has 0 fully saturated rings. The highest BCUT2D eigenvalue weighted by Gasteiger charge is 2.22. The summed E-state index contributed by atoms with van der Waals surface area (Å²) in [6, 6.07) is 18.1. The Morgan fingerprint density at radius 3 is 2.81 bits per heavy atom. The molecule has 0 saturated carbocycles. The normalized spacial score (nSPS) is 12.2. The summed E-state index contributed by atoms with van der Waals surface area (Å²) in [6.45, 7) is 2.38. The number of carbonyl (C=O) groups is 1. The van der Waals surface area contributed by atoms with E-state index in [0.29, 0.717) is 11.4 Å². The first-order chi connectivity index (χ1) is 15.2. The third-order valence-electron chi connectivity index (χ3n) is 5.24. The van der Waals surface area contributed by atoms with E-state index < -0.39 is 0 Å². The highest BCUT2D eigenvalue weighted by atomic mass is 32.1. The summed E-state index contributed by atoms with van der Waals surface area (Å²) >= 11 is 3.09. The van der Waals surface area contributed by atoms with Gasteiger partial charge in [-0.25, -0.2) is 4.98 Å². The van der Waals surface area contributed by atoms with E-state index in [4.69, 9.17) is 0 Å². The zero-order chi connectivity index (χ0) is 21.2. The summed E-state index contributed by atoms with van der Waals surface area (Å²) < 4.78 is 0. The van der Waals surface area contributed by atoms with E-state index in [-0.39, 0.29) is 11.8 Å². The number of amides is 1. The molecule has 1 aromatic carbocycles. The van der Waals surface area contributed by atoms with Crippen molar-refractivity contribution >= 4 is 39.5 Å². The van der Waals surface area contributed by atoms with Crippen molar-refractivity contribution < 1.29 is 4.79 Å². The summed E-state index contributed by atoms with van der Waals surface area (Å²) in [5.74, 6) is -0.0258. The minimum absolute atomic E-state index is 0.0728. The van der Waals surface area contributed by atoms with Crippen LogP contribution in [0.15, 0.2) is 72.4 Å². The van der Waals surface area contributed by atoms with Gasteiger partial charge in [-0.15, -0.1) is 22.7 Å². The number of rotatable bonds is 6. The maximum atomic E-state index is 13.1. The highest BCUT2D eigenvalue weighted by molar-refractivity contribution is 7.17. The molecule has 5 rings (SSSR count). The molecule has 1 atom stereocenters. The van der Waals surface area contributed by atoms with Gasteiger partial charge in [-0.05, 0) is 42.1 Å². The molecule has 0 spiro atoms. The molecule has 1 amide bonds. The van der Waals surface area contributed by atoms with Gasteiger partial charge >= 0.3 is 0 Å². The van der Waals surface area contributed by atoms with Gasteiger partial charge in [0.1, 0.15) is 9.88 Å². The smallest absolute Gasteiger partial charge is 0.263 e. The van der Waals surface area contributed by atoms with Crippen LogP contribution in [-0.2, 0) is 0 Å². The molecule has 7 heteroatoms. The largest absolute Gasteiger partial charge is 0.361 e. The second kappa shape index (κ2) is 8.45. The quantitative estimate of drug-likeness (QED) is 0.357. The number of nitrogens with zero attached hydrogens (tertiary/aromatic N) is 2. The number of para-hydroxylation sites is 1. The number of thiophene rings is 1. The number of pyridine rings is 1. The molecular formula is C24H20N4OS2. The summed E-state index contributed by atoms with van der Waals surface area (Å²) in [6.07, 6.45) is 3.79. The van der Waals surface area contributed by atoms with E-state index in [1.165, 1.54) is 27.2 Å². The Bertz CT molecular complexity index is 1320. The average molecular weight is 445 g/mol. The van der Waals surface area contributed by atoms with Gasteiger partial charge in [0.05, 0.1) is 11.4 Å². The first-order valence-electron chi connectivity index (χ1n) is 9.97. The first kappa shape index (κ1) is 19.7. The minimum atomic E-state index is -0.0985. The molecule has 0 saturated heterocycles. The second-order valence-electron chi connectivity index (χ2n) is 7.22. The Balaban J connectivity index is 1.40. The van der Waals surface area contributed by atoms with E-state index in [0.717, 1.165) is 21.9 Å². The molecule has 4 heterocycles. The average Bonchev–Trinajstić information content (AvgIpc) is 3.55. The SMILES string of the molecule is Cc1nc(-c2ccccn2)sc1C(=O)NCC(c1cccs1)c1c[nH]c2ccccc12. The fourth-order valence-electron chi connectivity index (χ4n) is 3.72. The second-order valence-corrected chi connectivity index (χ2v) is 9.19. The van der Waals surface area contributed by atoms with Gasteiger partial charge in [-0.1, -0.05) is 30.3 Å². The molecule has 0 aliphatic heterocycles. The fourth-order valence-corrected chi connectivity index (χ4v) is 5.52. The highest BCUT2D eigenvalue weighted by Crippen LogP contribution is 2.33. The van der Waals surface area contributed by atoms with Gasteiger partial charge in [0, 0.05) is 40.6 Å². The number of thiazole rings is 1. The number of fused-ring (bicyclic) bond motifs is 1. The van der Waals surface area contributed by atoms with Crippen LogP contribution in [0.1, 0.15) is 31.7 Å². The summed E-state index contributed by atoms with van der Waals surface area (Å²) in [5.41, 5.74) is 3.80. The maximum absolute atomic E-state index is 13.1. The first-order valence-corrected chi connectivity index (χ1v) is 11.7. The topological polar surface area (TPSA) is 70.7 Å². The number of H-pyrrole nitrogens is 1. The van der Waals surface area contributed by atoms with E-state index in [1.807, 2.05) is 37.3 Å². The Morgan fingerprint density at radius 1 is 1.13 bits per heavy atom. The van der Waals surface area contributed by atoms with Crippen LogP contribution in [0.25, 0.3) is 21.6 Å². The predicted molar refractivity (Wildman–Crippen MR) is 127 cm³/mol. The lowest BCUT2D eigenvalue weighted by atomic mass is 9.96. The molecular weight excluding hydrogens is 424 g/mol. The van der Waals surface area contributed by atoms with Crippen LogP contribution in [0.4, 0.5) is 0 Å². The lowest BCUT2D eigenvalue weighted by molar-refractivity contribution is 0.0956. The fraction of sp³-hybridized carbons (Fsp3) is 0.125. The standard InChI is InChI=1S/C24H20N4OS2/c1-15-22(31-24(28-15)20-9-4-5-11-25-20)23(29)27-14-18(21-10-6-12-30-21)17-13-26-19-8-3-2-7-16(17)19/h2-13,18,26H,14H2,1H3,(H,27,29). The number of hydrogen-bond acceptors (Lipinski definition) is 5. The van der Waals surface area contributed by atoms with Crippen LogP contribution in [-0.4, -0.2) is 27.4 Å². The molecule has 154 valence electrons. The zero-order valence-corrected chi connectivity index (χ0v) is 18.5. The van der Waals surface area contributed by atoms with Crippen LogP contribution >= 0.6 is 22.7 Å². The van der Waals surface area contributed by atoms with Gasteiger partial charge in [0.2, 0.25) is 0 Å². The van der Waals surface area contributed by atoms with Crippen molar-refractivity contribution in [1.29, 1.82) is 0 Å². The molecule has 0 radical (unpaired) electrons. The number of benzene rings is 1. The maximum Gasteiger partial charge on any atom is 0.263 e. The van der Waals surface area contributed by atoms with Crippen LogP contribution in [0.5, 0.6) is 0 Å².